The van der Waals surface area contributed by atoms with Crippen LogP contribution in [0.15, 0.2) is 0 Å². The highest BCUT2D eigenvalue weighted by molar-refractivity contribution is 8.77. The Morgan fingerprint density at radius 3 is 2.00 bits per heavy atom. The molecule has 0 amide bonds. The molecule has 0 saturated heterocycles. The molecule has 0 aromatic rings. The van der Waals surface area contributed by atoms with Gasteiger partial charge >= 0.3 is 0 Å². The van der Waals surface area contributed by atoms with Crippen LogP contribution in [-0.2, 0) is 0 Å². The molecule has 0 nitrogen and oxygen atoms in total. The van der Waals surface area contributed by atoms with Crippen LogP contribution in [0.2, 0.25) is 0 Å². The zero-order valence-electron chi connectivity index (χ0n) is 5.55. The molecule has 0 fully saturated rings. The van der Waals surface area contributed by atoms with Crippen molar-refractivity contribution in [2.45, 2.75) is 19.0 Å². The summed E-state index contributed by atoms with van der Waals surface area (Å²) in [4.78, 5) is 0. The van der Waals surface area contributed by atoms with Crippen molar-refractivity contribution >= 4 is 29.4 Å². The first kappa shape index (κ1) is 8.76. The van der Waals surface area contributed by atoms with Gasteiger partial charge in [-0.15, -0.1) is 10.8 Å². The van der Waals surface area contributed by atoms with E-state index in [1.807, 2.05) is 6.26 Å². The summed E-state index contributed by atoms with van der Waals surface area (Å²) in [6.07, 6.45) is 2.05. The fraction of sp³-hybridized carbons (Fsp3) is 1.00. The van der Waals surface area contributed by atoms with Crippen molar-refractivity contribution in [3.63, 3.8) is 0 Å². The molecule has 0 saturated carbocycles. The van der Waals surface area contributed by atoms with Crippen molar-refractivity contribution in [3.05, 3.63) is 0 Å². The van der Waals surface area contributed by atoms with Crippen LogP contribution in [0.3, 0.4) is 0 Å². The number of hydrogen-bond donors (Lipinski definition) is 0. The van der Waals surface area contributed by atoms with Gasteiger partial charge in [0, 0.05) is 0 Å². The van der Waals surface area contributed by atoms with Gasteiger partial charge in [0.15, 0.2) is 0 Å². The Morgan fingerprint density at radius 1 is 1.38 bits per heavy atom. The third kappa shape index (κ3) is 3.73. The molecule has 0 spiro atoms. The van der Waals surface area contributed by atoms with Crippen LogP contribution in [0.5, 0.6) is 0 Å². The van der Waals surface area contributed by atoms with Crippen molar-refractivity contribution in [2.24, 2.45) is 5.92 Å². The molecule has 0 aromatic carbocycles. The third-order valence-electron chi connectivity index (χ3n) is 0.864. The summed E-state index contributed by atoms with van der Waals surface area (Å²) in [5.41, 5.74) is 0. The Labute approximate surface area is 61.0 Å². The van der Waals surface area contributed by atoms with E-state index in [0.29, 0.717) is 11.1 Å². The lowest BCUT2D eigenvalue weighted by Gasteiger charge is -2.11. The zero-order valence-corrected chi connectivity index (χ0v) is 7.18. The van der Waals surface area contributed by atoms with E-state index in [1.165, 1.54) is 0 Å². The van der Waals surface area contributed by atoms with Gasteiger partial charge in [-0.05, 0) is 17.3 Å². The van der Waals surface area contributed by atoms with Gasteiger partial charge in [-0.1, -0.05) is 24.6 Å². The Bertz CT molecular complexity index is 56.4. The summed E-state index contributed by atoms with van der Waals surface area (Å²) in [5.74, 6) is 0.590. The molecule has 8 heavy (non-hydrogen) atoms. The summed E-state index contributed by atoms with van der Waals surface area (Å²) < 4.78 is 0. The van der Waals surface area contributed by atoms with Crippen LogP contribution in [0, 0.1) is 5.92 Å². The Balaban J connectivity index is 3.17. The quantitative estimate of drug-likeness (QED) is 0.442. The molecule has 0 aliphatic rings. The van der Waals surface area contributed by atoms with E-state index >= 15 is 0 Å². The molecule has 0 aliphatic carbocycles. The van der Waals surface area contributed by atoms with E-state index in [1.54, 1.807) is 21.6 Å². The lowest BCUT2D eigenvalue weighted by atomic mass is 9.93. The molecule has 0 bridgehead atoms. The van der Waals surface area contributed by atoms with Crippen molar-refractivity contribution in [2.75, 3.05) is 6.26 Å². The minimum Gasteiger partial charge on any atom is -0.101 e. The molecule has 0 rings (SSSR count). The second kappa shape index (κ2) is 4.63. The Kier molecular flexibility index (Phi) is 5.07. The van der Waals surface area contributed by atoms with Crippen molar-refractivity contribution < 1.29 is 0 Å². The van der Waals surface area contributed by atoms with E-state index in [2.05, 4.69) is 13.8 Å². The SMILES string of the molecule is [B]C(SSC)C(C)C. The van der Waals surface area contributed by atoms with Gasteiger partial charge in [-0.25, -0.2) is 0 Å². The van der Waals surface area contributed by atoms with Gasteiger partial charge in [0.2, 0.25) is 0 Å². The highest BCUT2D eigenvalue weighted by atomic mass is 33.1. The van der Waals surface area contributed by atoms with Gasteiger partial charge < -0.3 is 0 Å². The van der Waals surface area contributed by atoms with Crippen LogP contribution in [-0.4, -0.2) is 19.3 Å². The Morgan fingerprint density at radius 2 is 1.88 bits per heavy atom. The van der Waals surface area contributed by atoms with Crippen LogP contribution >= 0.6 is 21.6 Å². The van der Waals surface area contributed by atoms with Crippen molar-refractivity contribution in [3.8, 4) is 0 Å². The summed E-state index contributed by atoms with van der Waals surface area (Å²) in [6, 6.07) is 0. The predicted molar refractivity (Wildman–Crippen MR) is 45.5 cm³/mol. The zero-order chi connectivity index (χ0) is 6.57. The van der Waals surface area contributed by atoms with E-state index in [4.69, 9.17) is 7.85 Å². The molecule has 0 N–H and O–H groups in total. The average molecular weight is 146 g/mol. The second-order valence-corrected chi connectivity index (χ2v) is 4.62. The molecule has 1 unspecified atom stereocenters. The van der Waals surface area contributed by atoms with Gasteiger partial charge in [0.1, 0.15) is 0 Å². The van der Waals surface area contributed by atoms with Gasteiger partial charge in [0.25, 0.3) is 0 Å². The van der Waals surface area contributed by atoms with Crippen LogP contribution < -0.4 is 0 Å². The normalized spacial score (nSPS) is 14.5. The minimum atomic E-state index is 0.296. The molecule has 0 aliphatic heterocycles. The molecule has 2 radical (unpaired) electrons. The predicted octanol–water partition coefficient (Wildman–Crippen LogP) is 2.15. The Hall–Kier alpha value is 0.765. The van der Waals surface area contributed by atoms with Crippen molar-refractivity contribution in [1.82, 2.24) is 0 Å². The fourth-order valence-corrected chi connectivity index (χ4v) is 2.00. The molecule has 3 heteroatoms. The first-order valence-electron chi connectivity index (χ1n) is 2.63. The topological polar surface area (TPSA) is 0 Å². The number of hydrogen-bond acceptors (Lipinski definition) is 2. The highest BCUT2D eigenvalue weighted by Gasteiger charge is 2.04. The van der Waals surface area contributed by atoms with Gasteiger partial charge in [-0.2, -0.15) is 0 Å². The van der Waals surface area contributed by atoms with E-state index < -0.39 is 0 Å². The van der Waals surface area contributed by atoms with Crippen molar-refractivity contribution in [1.29, 1.82) is 0 Å². The summed E-state index contributed by atoms with van der Waals surface area (Å²) in [5, 5.41) is 0.296. The maximum absolute atomic E-state index is 5.67. The summed E-state index contributed by atoms with van der Waals surface area (Å²) >= 11 is 0. The second-order valence-electron chi connectivity index (χ2n) is 1.97. The molecule has 0 aromatic heterocycles. The summed E-state index contributed by atoms with van der Waals surface area (Å²) in [7, 11) is 9.13. The molecule has 1 atom stereocenters. The lowest BCUT2D eigenvalue weighted by Crippen LogP contribution is -2.08. The third-order valence-corrected chi connectivity index (χ3v) is 3.07. The maximum atomic E-state index is 5.67. The molecule has 46 valence electrons. The first-order chi connectivity index (χ1) is 3.68. The van der Waals surface area contributed by atoms with E-state index in [9.17, 15) is 0 Å². The standard InChI is InChI=1S/C5H11BS2/c1-4(2)5(6)8-7-3/h4-5H,1-3H3. The van der Waals surface area contributed by atoms with Crippen LogP contribution in [0.25, 0.3) is 0 Å². The van der Waals surface area contributed by atoms with E-state index in [0.717, 1.165) is 0 Å². The molecule has 0 heterocycles. The lowest BCUT2D eigenvalue weighted by molar-refractivity contribution is 0.716. The van der Waals surface area contributed by atoms with Gasteiger partial charge in [0.05, 0.1) is 7.85 Å². The fourth-order valence-electron chi connectivity index (χ4n) is 0.222. The van der Waals surface area contributed by atoms with Gasteiger partial charge in [-0.3, -0.25) is 0 Å². The number of rotatable bonds is 3. The van der Waals surface area contributed by atoms with E-state index in [-0.39, 0.29) is 0 Å². The minimum absolute atomic E-state index is 0.296. The summed E-state index contributed by atoms with van der Waals surface area (Å²) in [6.45, 7) is 4.27. The highest BCUT2D eigenvalue weighted by Crippen LogP contribution is 2.25. The maximum Gasteiger partial charge on any atom is 0.0861 e. The van der Waals surface area contributed by atoms with Crippen LogP contribution in [0.1, 0.15) is 13.8 Å². The largest absolute Gasteiger partial charge is 0.101 e. The monoisotopic (exact) mass is 146 g/mol. The first-order valence-corrected chi connectivity index (χ1v) is 5.25. The molecular formula is C5H11BS2. The average Bonchev–Trinajstić information content (AvgIpc) is 1.67. The van der Waals surface area contributed by atoms with Crippen LogP contribution in [0.4, 0.5) is 0 Å². The molecular weight excluding hydrogens is 135 g/mol. The smallest absolute Gasteiger partial charge is 0.0861 e.